The summed E-state index contributed by atoms with van der Waals surface area (Å²) < 4.78 is 14.1. The highest BCUT2D eigenvalue weighted by molar-refractivity contribution is 5.84. The van der Waals surface area contributed by atoms with Crippen molar-refractivity contribution in [3.8, 4) is 5.75 Å². The lowest BCUT2D eigenvalue weighted by Gasteiger charge is -2.18. The van der Waals surface area contributed by atoms with E-state index in [-0.39, 0.29) is 5.97 Å². The van der Waals surface area contributed by atoms with Gasteiger partial charge in [0, 0.05) is 6.42 Å². The first-order valence-electron chi connectivity index (χ1n) is 20.5. The van der Waals surface area contributed by atoms with E-state index in [1.165, 1.54) is 135 Å². The highest BCUT2D eigenvalue weighted by Crippen LogP contribution is 2.17. The van der Waals surface area contributed by atoms with Crippen molar-refractivity contribution >= 4 is 11.9 Å². The number of carbonyl (C=O) groups is 1. The molecule has 6 heteroatoms. The zero-order valence-corrected chi connectivity index (χ0v) is 32.0. The fourth-order valence-corrected chi connectivity index (χ4v) is 6.68. The highest BCUT2D eigenvalue weighted by atomic mass is 16.5. The molecule has 0 amide bonds. The number of rotatable bonds is 31. The summed E-state index contributed by atoms with van der Waals surface area (Å²) in [6.45, 7) is 7.73. The number of hydrogen-bond donors (Lipinski definition) is 1. The third-order valence-electron chi connectivity index (χ3n) is 9.95. The average molecular weight is 671 g/mol. The molecule has 6 nitrogen and oxygen atoms in total. The largest absolute Gasteiger partial charge is 0.494 e. The van der Waals surface area contributed by atoms with Crippen LogP contribution >= 0.6 is 0 Å². The van der Waals surface area contributed by atoms with Gasteiger partial charge in [0.2, 0.25) is 0 Å². The predicted molar refractivity (Wildman–Crippen MR) is 204 cm³/mol. The molecule has 1 N–H and O–H groups in total. The molecule has 1 aromatic rings. The fourth-order valence-electron chi connectivity index (χ4n) is 6.68. The minimum absolute atomic E-state index is 0.161. The van der Waals surface area contributed by atoms with Crippen molar-refractivity contribution in [1.29, 1.82) is 0 Å². The zero-order valence-electron chi connectivity index (χ0n) is 32.0. The number of likely N-dealkylation sites (N-methyl/N-ethyl adjacent to an activating group) is 2. The van der Waals surface area contributed by atoms with E-state index in [9.17, 15) is 4.79 Å². The number of guanidine groups is 1. The Balaban J connectivity index is 1.64. The second kappa shape index (κ2) is 28.6. The number of unbranched alkanes of at least 4 members (excludes halogenated alkanes) is 22. The lowest BCUT2D eigenvalue weighted by Crippen LogP contribution is -2.49. The number of benzene rings is 1. The molecular weight excluding hydrogens is 594 g/mol. The Kier molecular flexibility index (Phi) is 25.0. The van der Waals surface area contributed by atoms with Crippen LogP contribution in [-0.2, 0) is 16.0 Å². The maximum absolute atomic E-state index is 13.3. The number of esters is 1. The maximum atomic E-state index is 13.3. The van der Waals surface area contributed by atoms with E-state index in [4.69, 9.17) is 9.47 Å². The normalized spacial score (nSPS) is 13.7. The Hall–Kier alpha value is -2.24. The van der Waals surface area contributed by atoms with Gasteiger partial charge in [-0.3, -0.25) is 14.8 Å². The molecule has 0 aromatic heterocycles. The summed E-state index contributed by atoms with van der Waals surface area (Å²) in [4.78, 5) is 15.5. The Labute approximate surface area is 296 Å². The van der Waals surface area contributed by atoms with E-state index >= 15 is 0 Å². The van der Waals surface area contributed by atoms with Crippen LogP contribution in [0.2, 0.25) is 0 Å². The Morgan fingerprint density at radius 1 is 0.688 bits per heavy atom. The van der Waals surface area contributed by atoms with Gasteiger partial charge in [-0.2, -0.15) is 0 Å². The first-order valence-corrected chi connectivity index (χ1v) is 20.5. The summed E-state index contributed by atoms with van der Waals surface area (Å²) in [6, 6.07) is 7.86. The minimum atomic E-state index is -0.423. The monoisotopic (exact) mass is 671 g/mol. The molecule has 1 heterocycles. The molecule has 1 atom stereocenters. The predicted octanol–water partition coefficient (Wildman–Crippen LogP) is 10.5. The van der Waals surface area contributed by atoms with Gasteiger partial charge in [-0.1, -0.05) is 167 Å². The molecule has 0 saturated heterocycles. The maximum Gasteiger partial charge on any atom is 0.348 e. The SMILES string of the molecule is CCCCCCCCCCCCCCOC(=O)[C@H](Cc1ccc(OCCCCCCCCCCCCCC)cc1)NC1=[N+](C)CCN1C. The summed E-state index contributed by atoms with van der Waals surface area (Å²) in [5.74, 6) is 1.74. The lowest BCUT2D eigenvalue weighted by atomic mass is 10.1. The van der Waals surface area contributed by atoms with Crippen molar-refractivity contribution in [3.63, 3.8) is 0 Å². The molecular formula is C42H76N3O3+. The summed E-state index contributed by atoms with van der Waals surface area (Å²) in [6.07, 6.45) is 32.4. The van der Waals surface area contributed by atoms with Gasteiger partial charge in [-0.15, -0.1) is 0 Å². The molecule has 0 unspecified atom stereocenters. The first-order chi connectivity index (χ1) is 23.5. The Morgan fingerprint density at radius 3 is 1.56 bits per heavy atom. The van der Waals surface area contributed by atoms with E-state index in [0.717, 1.165) is 56.2 Å². The standard InChI is InChI=1S/C42H75N3O3/c1-5-7-9-11-13-15-17-19-21-23-25-27-35-47-39-31-29-38(30-32-39)37-40(43-42-44(3)33-34-45(42)4)41(46)48-36-28-26-24-22-20-18-16-14-12-10-8-6-2/h29-32,40H,5-28,33-37H2,1-4H3/p+1/t40-/m0/s1. The molecule has 2 rings (SSSR count). The molecule has 1 aliphatic rings. The Bertz CT molecular complexity index is 948. The van der Waals surface area contributed by atoms with Crippen LogP contribution < -0.4 is 10.1 Å². The number of carbonyl (C=O) groups excluding carboxylic acids is 1. The third-order valence-corrected chi connectivity index (χ3v) is 9.95. The molecule has 276 valence electrons. The molecule has 0 aliphatic carbocycles. The molecule has 1 aromatic carbocycles. The number of nitrogens with zero attached hydrogens (tertiary/aromatic N) is 2. The molecule has 0 saturated carbocycles. The van der Waals surface area contributed by atoms with Gasteiger partial charge in [0.1, 0.15) is 5.75 Å². The van der Waals surface area contributed by atoms with Crippen molar-refractivity contribution in [2.24, 2.45) is 0 Å². The van der Waals surface area contributed by atoms with Crippen molar-refractivity contribution in [2.75, 3.05) is 40.4 Å². The van der Waals surface area contributed by atoms with Gasteiger partial charge in [0.15, 0.2) is 6.04 Å². The van der Waals surface area contributed by atoms with E-state index in [1.807, 2.05) is 12.1 Å². The van der Waals surface area contributed by atoms with Crippen LogP contribution in [-0.4, -0.2) is 67.8 Å². The number of hydrogen-bond acceptors (Lipinski definition) is 5. The summed E-state index contributed by atoms with van der Waals surface area (Å²) in [7, 11) is 4.15. The van der Waals surface area contributed by atoms with Crippen LogP contribution in [0.15, 0.2) is 24.3 Å². The molecule has 0 spiro atoms. The van der Waals surface area contributed by atoms with Crippen LogP contribution in [0.1, 0.15) is 174 Å². The molecule has 0 bridgehead atoms. The van der Waals surface area contributed by atoms with Crippen molar-refractivity contribution in [1.82, 2.24) is 10.2 Å². The van der Waals surface area contributed by atoms with Gasteiger partial charge in [0.25, 0.3) is 0 Å². The van der Waals surface area contributed by atoms with Gasteiger partial charge >= 0.3 is 11.9 Å². The van der Waals surface area contributed by atoms with Crippen LogP contribution in [0.5, 0.6) is 5.75 Å². The second-order valence-electron chi connectivity index (χ2n) is 14.5. The molecule has 48 heavy (non-hydrogen) atoms. The highest BCUT2D eigenvalue weighted by Gasteiger charge is 2.31. The molecule has 0 fully saturated rings. The number of ether oxygens (including phenoxy) is 2. The van der Waals surface area contributed by atoms with E-state index in [0.29, 0.717) is 13.0 Å². The van der Waals surface area contributed by atoms with Gasteiger partial charge in [-0.25, -0.2) is 4.79 Å². The van der Waals surface area contributed by atoms with Crippen molar-refractivity contribution < 1.29 is 18.8 Å². The minimum Gasteiger partial charge on any atom is -0.494 e. The van der Waals surface area contributed by atoms with Crippen molar-refractivity contribution in [2.45, 2.75) is 180 Å². The quantitative estimate of drug-likeness (QED) is 0.0484. The van der Waals surface area contributed by atoms with E-state index in [2.05, 4.69) is 54.9 Å². The van der Waals surface area contributed by atoms with Crippen LogP contribution in [0, 0.1) is 0 Å². The van der Waals surface area contributed by atoms with Gasteiger partial charge in [-0.05, 0) is 30.5 Å². The van der Waals surface area contributed by atoms with Gasteiger partial charge in [0.05, 0.1) is 40.4 Å². The summed E-state index contributed by atoms with van der Waals surface area (Å²) in [5.41, 5.74) is 1.11. The molecule has 1 aliphatic heterocycles. The topological polar surface area (TPSA) is 53.8 Å². The van der Waals surface area contributed by atoms with Crippen LogP contribution in [0.4, 0.5) is 0 Å². The van der Waals surface area contributed by atoms with E-state index in [1.54, 1.807) is 0 Å². The van der Waals surface area contributed by atoms with E-state index < -0.39 is 6.04 Å². The zero-order chi connectivity index (χ0) is 34.5. The van der Waals surface area contributed by atoms with Crippen LogP contribution in [0.25, 0.3) is 0 Å². The first kappa shape index (κ1) is 41.9. The Morgan fingerprint density at radius 2 is 1.12 bits per heavy atom. The van der Waals surface area contributed by atoms with Gasteiger partial charge < -0.3 is 9.47 Å². The average Bonchev–Trinajstić information content (AvgIpc) is 3.41. The van der Waals surface area contributed by atoms with Crippen molar-refractivity contribution in [3.05, 3.63) is 29.8 Å². The smallest absolute Gasteiger partial charge is 0.348 e. The second-order valence-corrected chi connectivity index (χ2v) is 14.5. The third kappa shape index (κ3) is 20.3. The molecule has 0 radical (unpaired) electrons. The van der Waals surface area contributed by atoms with Crippen LogP contribution in [0.3, 0.4) is 0 Å². The summed E-state index contributed by atoms with van der Waals surface area (Å²) >= 11 is 0. The summed E-state index contributed by atoms with van der Waals surface area (Å²) in [5, 5.41) is 3.52. The lowest BCUT2D eigenvalue weighted by molar-refractivity contribution is -0.488. The number of nitrogens with one attached hydrogen (secondary N) is 1. The fraction of sp³-hybridized carbons (Fsp3) is 0.810.